The van der Waals surface area contributed by atoms with Gasteiger partial charge in [0.1, 0.15) is 6.29 Å². The van der Waals surface area contributed by atoms with Gasteiger partial charge in [0.25, 0.3) is 6.47 Å². The molecule has 13 heavy (non-hydrogen) atoms. The molecule has 0 heterocycles. The van der Waals surface area contributed by atoms with Gasteiger partial charge in [0.15, 0.2) is 0 Å². The third-order valence-electron chi connectivity index (χ3n) is 1.90. The van der Waals surface area contributed by atoms with Crippen LogP contribution in [0.25, 0.3) is 0 Å². The van der Waals surface area contributed by atoms with E-state index in [0.717, 1.165) is 32.0 Å². The standard InChI is InChI=1S/C10H18O3/c11-8-6-4-2-1-3-5-7-9-13-10-12/h8,10H,1-7,9H2. The van der Waals surface area contributed by atoms with E-state index in [1.165, 1.54) is 12.8 Å². The minimum absolute atomic E-state index is 0.490. The van der Waals surface area contributed by atoms with Crippen molar-refractivity contribution in [2.75, 3.05) is 6.61 Å². The van der Waals surface area contributed by atoms with Crippen molar-refractivity contribution in [3.05, 3.63) is 0 Å². The SMILES string of the molecule is O=CCCCCCCCCOC=O. The van der Waals surface area contributed by atoms with Gasteiger partial charge in [-0.1, -0.05) is 25.7 Å². The first kappa shape index (κ1) is 12.1. The average molecular weight is 186 g/mol. The Hall–Kier alpha value is -0.860. The van der Waals surface area contributed by atoms with E-state index in [9.17, 15) is 9.59 Å². The van der Waals surface area contributed by atoms with Crippen LogP contribution >= 0.6 is 0 Å². The van der Waals surface area contributed by atoms with E-state index in [0.29, 0.717) is 19.5 Å². The van der Waals surface area contributed by atoms with Crippen molar-refractivity contribution in [2.45, 2.75) is 44.9 Å². The molecule has 0 aromatic rings. The summed E-state index contributed by atoms with van der Waals surface area (Å²) < 4.78 is 4.55. The van der Waals surface area contributed by atoms with Gasteiger partial charge in [-0.05, 0) is 12.8 Å². The number of carbonyl (C=O) groups is 2. The summed E-state index contributed by atoms with van der Waals surface area (Å²) in [4.78, 5) is 19.7. The van der Waals surface area contributed by atoms with Crippen molar-refractivity contribution in [2.24, 2.45) is 0 Å². The average Bonchev–Trinajstić information content (AvgIpc) is 2.16. The van der Waals surface area contributed by atoms with Gasteiger partial charge in [0.2, 0.25) is 0 Å². The fraction of sp³-hybridized carbons (Fsp3) is 0.800. The van der Waals surface area contributed by atoms with Crippen LogP contribution in [-0.4, -0.2) is 19.4 Å². The smallest absolute Gasteiger partial charge is 0.293 e. The molecule has 0 saturated heterocycles. The lowest BCUT2D eigenvalue weighted by atomic mass is 10.1. The molecular weight excluding hydrogens is 168 g/mol. The van der Waals surface area contributed by atoms with Crippen LogP contribution in [0.5, 0.6) is 0 Å². The molecule has 76 valence electrons. The molecule has 0 aliphatic heterocycles. The predicted octanol–water partition coefficient (Wildman–Crippen LogP) is 2.09. The molecule has 0 aliphatic rings. The highest BCUT2D eigenvalue weighted by Gasteiger charge is 1.91. The Bertz CT molecular complexity index is 109. The van der Waals surface area contributed by atoms with Gasteiger partial charge < -0.3 is 9.53 Å². The molecule has 0 aromatic heterocycles. The molecular formula is C10H18O3. The van der Waals surface area contributed by atoms with Gasteiger partial charge >= 0.3 is 0 Å². The maximum atomic E-state index is 9.96. The summed E-state index contributed by atoms with van der Waals surface area (Å²) in [7, 11) is 0. The number of carbonyl (C=O) groups excluding carboxylic acids is 2. The lowest BCUT2D eigenvalue weighted by Gasteiger charge is -1.99. The maximum Gasteiger partial charge on any atom is 0.293 e. The summed E-state index contributed by atoms with van der Waals surface area (Å²) in [5.74, 6) is 0. The van der Waals surface area contributed by atoms with E-state index in [1.807, 2.05) is 0 Å². The summed E-state index contributed by atoms with van der Waals surface area (Å²) in [5, 5.41) is 0. The van der Waals surface area contributed by atoms with Crippen molar-refractivity contribution in [1.29, 1.82) is 0 Å². The fourth-order valence-corrected chi connectivity index (χ4v) is 1.17. The van der Waals surface area contributed by atoms with Crippen molar-refractivity contribution in [3.63, 3.8) is 0 Å². The van der Waals surface area contributed by atoms with E-state index in [2.05, 4.69) is 4.74 Å². The summed E-state index contributed by atoms with van der Waals surface area (Å²) >= 11 is 0. The van der Waals surface area contributed by atoms with Crippen molar-refractivity contribution < 1.29 is 14.3 Å². The number of hydrogen-bond donors (Lipinski definition) is 0. The Kier molecular flexibility index (Phi) is 10.4. The van der Waals surface area contributed by atoms with Gasteiger partial charge in [0.05, 0.1) is 6.61 Å². The van der Waals surface area contributed by atoms with Gasteiger partial charge in [-0.2, -0.15) is 0 Å². The van der Waals surface area contributed by atoms with E-state index in [1.54, 1.807) is 0 Å². The first-order valence-electron chi connectivity index (χ1n) is 4.90. The van der Waals surface area contributed by atoms with E-state index < -0.39 is 0 Å². The molecule has 0 saturated carbocycles. The molecule has 3 heteroatoms. The first-order chi connectivity index (χ1) is 6.41. The molecule has 0 unspecified atom stereocenters. The topological polar surface area (TPSA) is 43.4 Å². The molecule has 0 amide bonds. The normalized spacial score (nSPS) is 9.54. The van der Waals surface area contributed by atoms with Crippen molar-refractivity contribution in [1.82, 2.24) is 0 Å². The number of rotatable bonds is 10. The first-order valence-corrected chi connectivity index (χ1v) is 4.90. The quantitative estimate of drug-likeness (QED) is 0.387. The third kappa shape index (κ3) is 11.1. The predicted molar refractivity (Wildman–Crippen MR) is 50.4 cm³/mol. The van der Waals surface area contributed by atoms with Crippen LogP contribution in [0.4, 0.5) is 0 Å². The summed E-state index contributed by atoms with van der Waals surface area (Å²) in [5.41, 5.74) is 0. The van der Waals surface area contributed by atoms with E-state index in [-0.39, 0.29) is 0 Å². The molecule has 0 N–H and O–H groups in total. The number of hydrogen-bond acceptors (Lipinski definition) is 3. The minimum atomic E-state index is 0.490. The Morgan fingerprint density at radius 1 is 0.846 bits per heavy atom. The summed E-state index contributed by atoms with van der Waals surface area (Å²) in [6.45, 7) is 1.03. The molecule has 3 nitrogen and oxygen atoms in total. The largest absolute Gasteiger partial charge is 0.468 e. The van der Waals surface area contributed by atoms with E-state index >= 15 is 0 Å². The second-order valence-corrected chi connectivity index (χ2v) is 3.04. The van der Waals surface area contributed by atoms with Crippen LogP contribution in [0.1, 0.15) is 44.9 Å². The van der Waals surface area contributed by atoms with Gasteiger partial charge in [0, 0.05) is 6.42 Å². The molecule has 0 spiro atoms. The summed E-state index contributed by atoms with van der Waals surface area (Å²) in [6.07, 6.45) is 8.20. The zero-order valence-electron chi connectivity index (χ0n) is 8.04. The zero-order chi connectivity index (χ0) is 9.78. The number of ether oxygens (including phenoxy) is 1. The maximum absolute atomic E-state index is 9.96. The minimum Gasteiger partial charge on any atom is -0.468 e. The van der Waals surface area contributed by atoms with Gasteiger partial charge in [-0.25, -0.2) is 0 Å². The molecule has 0 radical (unpaired) electrons. The van der Waals surface area contributed by atoms with Gasteiger partial charge in [-0.15, -0.1) is 0 Å². The molecule has 0 bridgehead atoms. The Morgan fingerprint density at radius 3 is 2.08 bits per heavy atom. The van der Waals surface area contributed by atoms with Crippen LogP contribution in [0.2, 0.25) is 0 Å². The highest BCUT2D eigenvalue weighted by Crippen LogP contribution is 2.06. The Morgan fingerprint density at radius 2 is 1.46 bits per heavy atom. The lowest BCUT2D eigenvalue weighted by Crippen LogP contribution is -1.91. The number of aldehydes is 1. The second-order valence-electron chi connectivity index (χ2n) is 3.04. The van der Waals surface area contributed by atoms with Crippen molar-refractivity contribution >= 4 is 12.8 Å². The Labute approximate surface area is 79.5 Å². The highest BCUT2D eigenvalue weighted by molar-refractivity contribution is 5.48. The molecule has 0 fully saturated rings. The molecule has 0 aromatic carbocycles. The zero-order valence-corrected chi connectivity index (χ0v) is 8.04. The second kappa shape index (κ2) is 11.1. The Balaban J connectivity index is 2.83. The fourth-order valence-electron chi connectivity index (χ4n) is 1.17. The van der Waals surface area contributed by atoms with Crippen LogP contribution in [0.15, 0.2) is 0 Å². The molecule has 0 rings (SSSR count). The van der Waals surface area contributed by atoms with Crippen molar-refractivity contribution in [3.8, 4) is 0 Å². The van der Waals surface area contributed by atoms with E-state index in [4.69, 9.17) is 0 Å². The van der Waals surface area contributed by atoms with Crippen LogP contribution in [-0.2, 0) is 14.3 Å². The molecule has 0 atom stereocenters. The lowest BCUT2D eigenvalue weighted by molar-refractivity contribution is -0.128. The van der Waals surface area contributed by atoms with Crippen LogP contribution in [0, 0.1) is 0 Å². The molecule has 0 aliphatic carbocycles. The summed E-state index contributed by atoms with van der Waals surface area (Å²) in [6, 6.07) is 0. The monoisotopic (exact) mass is 186 g/mol. The van der Waals surface area contributed by atoms with Crippen LogP contribution < -0.4 is 0 Å². The van der Waals surface area contributed by atoms with Gasteiger partial charge in [-0.3, -0.25) is 4.79 Å². The third-order valence-corrected chi connectivity index (χ3v) is 1.90. The number of unbranched alkanes of at least 4 members (excludes halogenated alkanes) is 6. The highest BCUT2D eigenvalue weighted by atomic mass is 16.5. The van der Waals surface area contributed by atoms with Crippen LogP contribution in [0.3, 0.4) is 0 Å².